The van der Waals surface area contributed by atoms with E-state index in [0.29, 0.717) is 0 Å². The Morgan fingerprint density at radius 1 is 1.09 bits per heavy atom. The lowest BCUT2D eigenvalue weighted by atomic mass is 9.89. The molecule has 3 aromatic rings. The minimum absolute atomic E-state index is 0.0256. The summed E-state index contributed by atoms with van der Waals surface area (Å²) >= 11 is 1.62. The zero-order valence-electron chi connectivity index (χ0n) is 19.8. The van der Waals surface area contributed by atoms with Gasteiger partial charge in [0.15, 0.2) is 0 Å². The Hall–Kier alpha value is -2.32. The average molecular weight is 468 g/mol. The molecule has 0 fully saturated rings. The summed E-state index contributed by atoms with van der Waals surface area (Å²) in [5.74, 6) is 0.903. The zero-order valence-corrected chi connectivity index (χ0v) is 20.7. The van der Waals surface area contributed by atoms with Gasteiger partial charge in [0.05, 0.1) is 25.4 Å². The molecule has 0 amide bonds. The van der Waals surface area contributed by atoms with Gasteiger partial charge in [-0.15, -0.1) is 10.2 Å². The Balaban J connectivity index is 1.62. The number of benzene rings is 2. The summed E-state index contributed by atoms with van der Waals surface area (Å²) in [5.41, 5.74) is 7.29. The second-order valence-electron chi connectivity index (χ2n) is 8.88. The maximum absolute atomic E-state index is 9.56. The van der Waals surface area contributed by atoms with Gasteiger partial charge >= 0.3 is 0 Å². The lowest BCUT2D eigenvalue weighted by molar-refractivity contribution is 0.0650. The van der Waals surface area contributed by atoms with Gasteiger partial charge in [-0.3, -0.25) is 4.90 Å². The molecule has 176 valence electrons. The fourth-order valence-electron chi connectivity index (χ4n) is 4.58. The predicted octanol–water partition coefficient (Wildman–Crippen LogP) is 4.24. The Kier molecular flexibility index (Phi) is 7.44. The van der Waals surface area contributed by atoms with Gasteiger partial charge in [0.2, 0.25) is 0 Å². The SMILES string of the molecule is CCc1c(-c2nnc(-c3ccc(OC(C)C)c(C)c3)s2)ccc2c1CCN(C(CO)CO)C2. The number of hydrogen-bond acceptors (Lipinski definition) is 7. The first kappa shape index (κ1) is 23.8. The Morgan fingerprint density at radius 3 is 2.52 bits per heavy atom. The number of hydrogen-bond donors (Lipinski definition) is 2. The molecule has 0 aliphatic carbocycles. The molecule has 7 heteroatoms. The second kappa shape index (κ2) is 10.3. The normalized spacial score (nSPS) is 14.2. The fourth-order valence-corrected chi connectivity index (χ4v) is 5.47. The minimum Gasteiger partial charge on any atom is -0.491 e. The van der Waals surface area contributed by atoms with Crippen LogP contribution in [0.1, 0.15) is 43.0 Å². The summed E-state index contributed by atoms with van der Waals surface area (Å²) in [4.78, 5) is 2.17. The highest BCUT2D eigenvalue weighted by Crippen LogP contribution is 2.37. The predicted molar refractivity (Wildman–Crippen MR) is 133 cm³/mol. The summed E-state index contributed by atoms with van der Waals surface area (Å²) in [6.07, 6.45) is 1.98. The van der Waals surface area contributed by atoms with E-state index in [-0.39, 0.29) is 25.4 Å². The molecule has 0 spiro atoms. The van der Waals surface area contributed by atoms with Crippen molar-refractivity contribution in [1.29, 1.82) is 0 Å². The third kappa shape index (κ3) is 4.96. The van der Waals surface area contributed by atoms with Crippen LogP contribution in [-0.4, -0.2) is 57.2 Å². The fraction of sp³-hybridized carbons (Fsp3) is 0.462. The van der Waals surface area contributed by atoms with E-state index in [0.717, 1.165) is 58.4 Å². The molecule has 6 nitrogen and oxygen atoms in total. The Morgan fingerprint density at radius 2 is 1.85 bits per heavy atom. The van der Waals surface area contributed by atoms with Gasteiger partial charge in [0.25, 0.3) is 0 Å². The van der Waals surface area contributed by atoms with Crippen LogP contribution in [-0.2, 0) is 19.4 Å². The van der Waals surface area contributed by atoms with E-state index < -0.39 is 0 Å². The molecule has 0 saturated heterocycles. The number of rotatable bonds is 8. The van der Waals surface area contributed by atoms with Gasteiger partial charge < -0.3 is 14.9 Å². The molecule has 1 aromatic heterocycles. The molecular formula is C26H33N3O3S. The van der Waals surface area contributed by atoms with Gasteiger partial charge in [-0.1, -0.05) is 30.4 Å². The summed E-state index contributed by atoms with van der Waals surface area (Å²) in [5, 5.41) is 30.0. The lowest BCUT2D eigenvalue weighted by Gasteiger charge is -2.35. The standard InChI is InChI=1S/C26H33N3O3S/c1-5-21-22-10-11-29(20(14-30)15-31)13-19(22)6-8-23(21)26-28-27-25(33-26)18-7-9-24(17(4)12-18)32-16(2)3/h6-9,12,16,20,30-31H,5,10-11,13-15H2,1-4H3. The largest absolute Gasteiger partial charge is 0.491 e. The molecule has 33 heavy (non-hydrogen) atoms. The second-order valence-corrected chi connectivity index (χ2v) is 9.86. The van der Waals surface area contributed by atoms with Crippen molar-refractivity contribution < 1.29 is 14.9 Å². The van der Waals surface area contributed by atoms with Crippen LogP contribution in [0.25, 0.3) is 21.1 Å². The van der Waals surface area contributed by atoms with Crippen molar-refractivity contribution in [3.05, 3.63) is 52.6 Å². The highest BCUT2D eigenvalue weighted by atomic mass is 32.1. The van der Waals surface area contributed by atoms with Crippen molar-refractivity contribution in [1.82, 2.24) is 15.1 Å². The van der Waals surface area contributed by atoms with Crippen LogP contribution in [0, 0.1) is 6.92 Å². The third-order valence-corrected chi connectivity index (χ3v) is 7.29. The molecular weight excluding hydrogens is 434 g/mol. The first-order valence-electron chi connectivity index (χ1n) is 11.7. The molecule has 2 aromatic carbocycles. The number of aliphatic hydroxyl groups excluding tert-OH is 2. The average Bonchev–Trinajstić information content (AvgIpc) is 3.30. The van der Waals surface area contributed by atoms with Gasteiger partial charge in [-0.05, 0) is 74.1 Å². The molecule has 0 bridgehead atoms. The smallest absolute Gasteiger partial charge is 0.148 e. The van der Waals surface area contributed by atoms with Crippen LogP contribution in [0.5, 0.6) is 5.75 Å². The highest BCUT2D eigenvalue weighted by Gasteiger charge is 2.25. The summed E-state index contributed by atoms with van der Waals surface area (Å²) in [6.45, 7) is 9.84. The highest BCUT2D eigenvalue weighted by molar-refractivity contribution is 7.17. The summed E-state index contributed by atoms with van der Waals surface area (Å²) < 4.78 is 5.87. The van der Waals surface area contributed by atoms with Crippen molar-refractivity contribution in [2.45, 2.75) is 59.2 Å². The van der Waals surface area contributed by atoms with Crippen molar-refractivity contribution in [2.75, 3.05) is 19.8 Å². The van der Waals surface area contributed by atoms with Crippen molar-refractivity contribution in [3.63, 3.8) is 0 Å². The molecule has 0 unspecified atom stereocenters. The molecule has 1 aliphatic heterocycles. The van der Waals surface area contributed by atoms with Gasteiger partial charge in [-0.2, -0.15) is 0 Å². The van der Waals surface area contributed by atoms with Crippen molar-refractivity contribution >= 4 is 11.3 Å². The van der Waals surface area contributed by atoms with Crippen LogP contribution in [0.4, 0.5) is 0 Å². The van der Waals surface area contributed by atoms with Crippen molar-refractivity contribution in [3.8, 4) is 26.9 Å². The molecule has 0 saturated carbocycles. The van der Waals surface area contributed by atoms with Crippen LogP contribution in [0.3, 0.4) is 0 Å². The molecule has 4 rings (SSSR count). The summed E-state index contributed by atoms with van der Waals surface area (Å²) in [7, 11) is 0. The van der Waals surface area contributed by atoms with Crippen LogP contribution in [0.15, 0.2) is 30.3 Å². The number of fused-ring (bicyclic) bond motifs is 1. The van der Waals surface area contributed by atoms with Gasteiger partial charge in [0, 0.05) is 24.2 Å². The van der Waals surface area contributed by atoms with E-state index >= 15 is 0 Å². The first-order chi connectivity index (χ1) is 15.9. The maximum atomic E-state index is 9.56. The van der Waals surface area contributed by atoms with E-state index in [9.17, 15) is 10.2 Å². The van der Waals surface area contributed by atoms with Crippen LogP contribution in [0.2, 0.25) is 0 Å². The van der Waals surface area contributed by atoms with E-state index in [1.165, 1.54) is 16.7 Å². The Bertz CT molecular complexity index is 1110. The van der Waals surface area contributed by atoms with E-state index in [1.807, 2.05) is 19.9 Å². The van der Waals surface area contributed by atoms with Gasteiger partial charge in [-0.25, -0.2) is 0 Å². The Labute approximate surface area is 199 Å². The van der Waals surface area contributed by atoms with E-state index in [2.05, 4.69) is 53.2 Å². The third-order valence-electron chi connectivity index (χ3n) is 6.28. The molecule has 0 atom stereocenters. The first-order valence-corrected chi connectivity index (χ1v) is 12.5. The molecule has 1 aliphatic rings. The molecule has 2 N–H and O–H groups in total. The lowest BCUT2D eigenvalue weighted by Crippen LogP contribution is -2.43. The number of aryl methyl sites for hydroxylation is 1. The molecule has 0 radical (unpaired) electrons. The molecule has 2 heterocycles. The van der Waals surface area contributed by atoms with Gasteiger partial charge in [0.1, 0.15) is 15.8 Å². The number of aliphatic hydroxyl groups is 2. The monoisotopic (exact) mass is 467 g/mol. The quantitative estimate of drug-likeness (QED) is 0.516. The topological polar surface area (TPSA) is 78.7 Å². The van der Waals surface area contributed by atoms with Crippen LogP contribution >= 0.6 is 11.3 Å². The van der Waals surface area contributed by atoms with E-state index in [4.69, 9.17) is 4.74 Å². The number of nitrogens with zero attached hydrogens (tertiary/aromatic N) is 3. The number of ether oxygens (including phenoxy) is 1. The maximum Gasteiger partial charge on any atom is 0.148 e. The number of aromatic nitrogens is 2. The van der Waals surface area contributed by atoms with E-state index in [1.54, 1.807) is 11.3 Å². The zero-order chi connectivity index (χ0) is 23.5. The summed E-state index contributed by atoms with van der Waals surface area (Å²) in [6, 6.07) is 10.3. The van der Waals surface area contributed by atoms with Crippen LogP contribution < -0.4 is 4.74 Å². The van der Waals surface area contributed by atoms with Crippen molar-refractivity contribution in [2.24, 2.45) is 0 Å². The minimum atomic E-state index is -0.200.